The molecule has 5 nitrogen and oxygen atoms in total. The molecule has 5 heteroatoms. The lowest BCUT2D eigenvalue weighted by Crippen LogP contribution is -2.39. The van der Waals surface area contributed by atoms with Gasteiger partial charge in [-0.05, 0) is 18.6 Å². The number of epoxide rings is 1. The van der Waals surface area contributed by atoms with Gasteiger partial charge >= 0.3 is 0 Å². The van der Waals surface area contributed by atoms with Gasteiger partial charge in [-0.1, -0.05) is 0 Å². The zero-order valence-corrected chi connectivity index (χ0v) is 9.63. The minimum atomic E-state index is -0.0242. The molecule has 0 bridgehead atoms. The third-order valence-electron chi connectivity index (χ3n) is 3.25. The molecule has 2 atom stereocenters. The molecule has 0 aromatic carbocycles. The molecule has 1 aromatic rings. The Labute approximate surface area is 99.3 Å². The van der Waals surface area contributed by atoms with Gasteiger partial charge in [0.25, 0.3) is 5.91 Å². The number of piperidine rings is 1. The molecule has 0 unspecified atom stereocenters. The largest absolute Gasteiger partial charge is 0.480 e. The number of aromatic nitrogens is 1. The molecule has 3 heterocycles. The monoisotopic (exact) mass is 234 g/mol. The van der Waals surface area contributed by atoms with Crippen molar-refractivity contribution in [1.29, 1.82) is 0 Å². The zero-order valence-electron chi connectivity index (χ0n) is 9.63. The lowest BCUT2D eigenvalue weighted by Gasteiger charge is -2.24. The van der Waals surface area contributed by atoms with Crippen molar-refractivity contribution in [2.24, 2.45) is 0 Å². The molecule has 2 saturated heterocycles. The van der Waals surface area contributed by atoms with Crippen LogP contribution in [0.25, 0.3) is 0 Å². The molecule has 90 valence electrons. The summed E-state index contributed by atoms with van der Waals surface area (Å²) in [7, 11) is 1.52. The summed E-state index contributed by atoms with van der Waals surface area (Å²) in [6.07, 6.45) is 3.18. The summed E-state index contributed by atoms with van der Waals surface area (Å²) in [6, 6.07) is 3.49. The van der Waals surface area contributed by atoms with Crippen LogP contribution in [0.2, 0.25) is 0 Å². The van der Waals surface area contributed by atoms with Crippen LogP contribution in [0.1, 0.15) is 16.8 Å². The number of hydrogen-bond acceptors (Lipinski definition) is 4. The van der Waals surface area contributed by atoms with Gasteiger partial charge in [0.05, 0.1) is 13.2 Å². The Morgan fingerprint density at radius 1 is 1.59 bits per heavy atom. The smallest absolute Gasteiger partial charge is 0.259 e. The Morgan fingerprint density at radius 3 is 3.24 bits per heavy atom. The molecular formula is C12H14N2O3. The van der Waals surface area contributed by atoms with E-state index in [9.17, 15) is 4.79 Å². The molecule has 1 aromatic heterocycles. The quantitative estimate of drug-likeness (QED) is 0.707. The fourth-order valence-electron chi connectivity index (χ4n) is 2.26. The van der Waals surface area contributed by atoms with Crippen LogP contribution in [0, 0.1) is 0 Å². The number of nitrogens with zero attached hydrogens (tertiary/aromatic N) is 2. The van der Waals surface area contributed by atoms with E-state index >= 15 is 0 Å². The molecule has 1 amide bonds. The van der Waals surface area contributed by atoms with E-state index in [1.807, 2.05) is 4.90 Å². The fourth-order valence-corrected chi connectivity index (χ4v) is 2.26. The fraction of sp³-hybridized carbons (Fsp3) is 0.500. The Kier molecular flexibility index (Phi) is 2.48. The van der Waals surface area contributed by atoms with Crippen LogP contribution in [0.15, 0.2) is 18.3 Å². The van der Waals surface area contributed by atoms with Crippen molar-refractivity contribution in [3.05, 3.63) is 23.9 Å². The highest BCUT2D eigenvalue weighted by Gasteiger charge is 2.44. The van der Waals surface area contributed by atoms with Crippen LogP contribution in [0.4, 0.5) is 0 Å². The second-order valence-corrected chi connectivity index (χ2v) is 4.31. The normalized spacial score (nSPS) is 26.3. The number of methoxy groups -OCH3 is 1. The van der Waals surface area contributed by atoms with Crippen molar-refractivity contribution in [3.8, 4) is 5.88 Å². The Hall–Kier alpha value is -1.62. The zero-order chi connectivity index (χ0) is 11.8. The first-order valence-electron chi connectivity index (χ1n) is 5.73. The van der Waals surface area contributed by atoms with Gasteiger partial charge in [0.2, 0.25) is 5.88 Å². The Bertz CT molecular complexity index is 449. The summed E-state index contributed by atoms with van der Waals surface area (Å²) in [5, 5.41) is 0. The average molecular weight is 234 g/mol. The minimum absolute atomic E-state index is 0.0242. The van der Waals surface area contributed by atoms with Crippen molar-refractivity contribution < 1.29 is 14.3 Å². The van der Waals surface area contributed by atoms with Gasteiger partial charge < -0.3 is 14.4 Å². The lowest BCUT2D eigenvalue weighted by molar-refractivity contribution is 0.0732. The van der Waals surface area contributed by atoms with E-state index in [2.05, 4.69) is 4.98 Å². The SMILES string of the molecule is COc1ncccc1C(=O)N1CC[C@H]2O[C@@H]2C1. The maximum Gasteiger partial charge on any atom is 0.259 e. The summed E-state index contributed by atoms with van der Waals surface area (Å²) in [5.74, 6) is 0.361. The van der Waals surface area contributed by atoms with Gasteiger partial charge in [0.15, 0.2) is 0 Å². The first kappa shape index (κ1) is 10.5. The molecule has 2 aliphatic heterocycles. The van der Waals surface area contributed by atoms with Gasteiger partial charge in [-0.25, -0.2) is 4.98 Å². The second kappa shape index (κ2) is 4.00. The molecule has 0 saturated carbocycles. The number of pyridine rings is 1. The molecular weight excluding hydrogens is 220 g/mol. The molecule has 2 aliphatic rings. The predicted octanol–water partition coefficient (Wildman–Crippen LogP) is 0.703. The van der Waals surface area contributed by atoms with Gasteiger partial charge in [-0.3, -0.25) is 4.79 Å². The molecule has 17 heavy (non-hydrogen) atoms. The summed E-state index contributed by atoms with van der Waals surface area (Å²) >= 11 is 0. The Morgan fingerprint density at radius 2 is 2.47 bits per heavy atom. The average Bonchev–Trinajstić information content (AvgIpc) is 3.16. The lowest BCUT2D eigenvalue weighted by atomic mass is 10.1. The van der Waals surface area contributed by atoms with Gasteiger partial charge in [0, 0.05) is 19.3 Å². The van der Waals surface area contributed by atoms with Crippen LogP contribution in [0.5, 0.6) is 5.88 Å². The molecule has 0 N–H and O–H groups in total. The number of likely N-dealkylation sites (tertiary alicyclic amines) is 1. The molecule has 0 spiro atoms. The van der Waals surface area contributed by atoms with Crippen molar-refractivity contribution in [1.82, 2.24) is 9.88 Å². The summed E-state index contributed by atoms with van der Waals surface area (Å²) in [6.45, 7) is 1.43. The maximum atomic E-state index is 12.3. The van der Waals surface area contributed by atoms with Crippen molar-refractivity contribution in [2.45, 2.75) is 18.6 Å². The highest BCUT2D eigenvalue weighted by atomic mass is 16.6. The van der Waals surface area contributed by atoms with Gasteiger partial charge in [0.1, 0.15) is 11.7 Å². The number of hydrogen-bond donors (Lipinski definition) is 0. The summed E-state index contributed by atoms with van der Waals surface area (Å²) < 4.78 is 10.5. The highest BCUT2D eigenvalue weighted by Crippen LogP contribution is 2.31. The number of rotatable bonds is 2. The molecule has 2 fully saturated rings. The van der Waals surface area contributed by atoms with Crippen molar-refractivity contribution in [2.75, 3.05) is 20.2 Å². The van der Waals surface area contributed by atoms with E-state index in [-0.39, 0.29) is 12.0 Å². The topological polar surface area (TPSA) is 55.0 Å². The number of ether oxygens (including phenoxy) is 2. The third-order valence-corrected chi connectivity index (χ3v) is 3.25. The summed E-state index contributed by atoms with van der Waals surface area (Å²) in [5.41, 5.74) is 0.522. The van der Waals surface area contributed by atoms with Gasteiger partial charge in [-0.2, -0.15) is 0 Å². The third kappa shape index (κ3) is 1.86. The van der Waals surface area contributed by atoms with Crippen LogP contribution < -0.4 is 4.74 Å². The summed E-state index contributed by atoms with van der Waals surface area (Å²) in [4.78, 5) is 18.1. The highest BCUT2D eigenvalue weighted by molar-refractivity contribution is 5.96. The van der Waals surface area contributed by atoms with Crippen LogP contribution in [-0.2, 0) is 4.74 Å². The number of carbonyl (C=O) groups is 1. The van der Waals surface area contributed by atoms with Crippen LogP contribution in [-0.4, -0.2) is 48.2 Å². The van der Waals surface area contributed by atoms with Crippen molar-refractivity contribution in [3.63, 3.8) is 0 Å². The van der Waals surface area contributed by atoms with Crippen LogP contribution in [0.3, 0.4) is 0 Å². The molecule has 3 rings (SSSR count). The maximum absolute atomic E-state index is 12.3. The predicted molar refractivity (Wildman–Crippen MR) is 60.0 cm³/mol. The standard InChI is InChI=1S/C12H14N2O3/c1-16-11-8(3-2-5-13-11)12(15)14-6-4-9-10(7-14)17-9/h2-3,5,9-10H,4,6-7H2,1H3/t9-,10-/m1/s1. The number of amides is 1. The van der Waals surface area contributed by atoms with Crippen LogP contribution >= 0.6 is 0 Å². The molecule has 0 aliphatic carbocycles. The number of fused-ring (bicyclic) bond motifs is 1. The minimum Gasteiger partial charge on any atom is -0.480 e. The first-order chi connectivity index (χ1) is 8.29. The van der Waals surface area contributed by atoms with Crippen molar-refractivity contribution >= 4 is 5.91 Å². The van der Waals surface area contributed by atoms with E-state index in [1.165, 1.54) is 7.11 Å². The van der Waals surface area contributed by atoms with E-state index in [0.717, 1.165) is 13.0 Å². The number of carbonyl (C=O) groups excluding carboxylic acids is 1. The molecule has 0 radical (unpaired) electrons. The van der Waals surface area contributed by atoms with E-state index in [4.69, 9.17) is 9.47 Å². The first-order valence-corrected chi connectivity index (χ1v) is 5.73. The Balaban J connectivity index is 1.80. The van der Waals surface area contributed by atoms with E-state index in [0.29, 0.717) is 24.1 Å². The van der Waals surface area contributed by atoms with Gasteiger partial charge in [-0.15, -0.1) is 0 Å². The van der Waals surface area contributed by atoms with E-state index < -0.39 is 0 Å². The second-order valence-electron chi connectivity index (χ2n) is 4.31. The van der Waals surface area contributed by atoms with E-state index in [1.54, 1.807) is 18.3 Å².